The second-order valence-corrected chi connectivity index (χ2v) is 4.98. The highest BCUT2D eigenvalue weighted by Gasteiger charge is 2.23. The zero-order valence-corrected chi connectivity index (χ0v) is 11.5. The molecule has 0 radical (unpaired) electrons. The Kier molecular flexibility index (Phi) is 5.30. The number of anilines is 1. The summed E-state index contributed by atoms with van der Waals surface area (Å²) < 4.78 is 37.8. The van der Waals surface area contributed by atoms with E-state index in [1.807, 2.05) is 4.90 Å². The molecule has 2 N–H and O–H groups in total. The van der Waals surface area contributed by atoms with E-state index in [-0.39, 0.29) is 11.9 Å². The number of nitrogens with zero attached hydrogens (tertiary/aromatic N) is 1. The Morgan fingerprint density at radius 1 is 1.38 bits per heavy atom. The Balaban J connectivity index is 1.89. The number of halogens is 3. The maximum Gasteiger partial charge on any atom is 0.315 e. The van der Waals surface area contributed by atoms with Crippen LogP contribution >= 0.6 is 0 Å². The van der Waals surface area contributed by atoms with Crippen molar-refractivity contribution < 1.29 is 18.0 Å². The summed E-state index contributed by atoms with van der Waals surface area (Å²) in [5.41, 5.74) is 0.497. The molecule has 0 aliphatic carbocycles. The molecule has 0 bridgehead atoms. The molecular formula is C14H18F3N3O. The number of nitrogens with one attached hydrogen (secondary N) is 2. The molecule has 4 nitrogen and oxygen atoms in total. The van der Waals surface area contributed by atoms with E-state index in [0.717, 1.165) is 12.8 Å². The van der Waals surface area contributed by atoms with Crippen molar-refractivity contribution in [2.24, 2.45) is 0 Å². The van der Waals surface area contributed by atoms with Gasteiger partial charge in [-0.25, -0.2) is 18.0 Å². The predicted molar refractivity (Wildman–Crippen MR) is 74.2 cm³/mol. The van der Waals surface area contributed by atoms with Gasteiger partial charge in [-0.1, -0.05) is 12.1 Å². The van der Waals surface area contributed by atoms with E-state index in [9.17, 15) is 18.0 Å². The van der Waals surface area contributed by atoms with Crippen molar-refractivity contribution >= 4 is 11.7 Å². The zero-order chi connectivity index (χ0) is 15.2. The van der Waals surface area contributed by atoms with Crippen LogP contribution in [-0.2, 0) is 0 Å². The number of para-hydroxylation sites is 1. The molecule has 1 aliphatic heterocycles. The molecule has 0 spiro atoms. The normalized spacial score (nSPS) is 18.7. The highest BCUT2D eigenvalue weighted by molar-refractivity contribution is 5.74. The summed E-state index contributed by atoms with van der Waals surface area (Å²) in [4.78, 5) is 13.3. The van der Waals surface area contributed by atoms with Crippen molar-refractivity contribution in [3.8, 4) is 0 Å². The molecule has 1 heterocycles. The Labute approximate surface area is 121 Å². The lowest BCUT2D eigenvalue weighted by molar-refractivity contribution is 0.146. The zero-order valence-electron chi connectivity index (χ0n) is 11.5. The SMILES string of the molecule is O=C(NCC(F)F)N[C@@H]1CCCN(c2ccccc2F)C1. The molecule has 7 heteroatoms. The van der Waals surface area contributed by atoms with E-state index in [1.54, 1.807) is 18.2 Å². The molecule has 0 aromatic heterocycles. The molecule has 2 rings (SSSR count). The number of piperidine rings is 1. The number of carbonyl (C=O) groups excluding carboxylic acids is 1. The standard InChI is InChI=1S/C14H18F3N3O/c15-11-5-1-2-6-12(11)20-7-3-4-10(9-20)19-14(21)18-8-13(16)17/h1-2,5-6,10,13H,3-4,7-9H2,(H2,18,19,21)/t10-/m1/s1. The number of alkyl halides is 2. The Bertz CT molecular complexity index is 484. The van der Waals surface area contributed by atoms with Gasteiger partial charge in [-0.15, -0.1) is 0 Å². The third-order valence-corrected chi connectivity index (χ3v) is 3.37. The molecule has 0 unspecified atom stereocenters. The number of rotatable bonds is 4. The molecule has 2 amide bonds. The molecule has 1 aromatic carbocycles. The number of carbonyl (C=O) groups is 1. The first kappa shape index (κ1) is 15.5. The monoisotopic (exact) mass is 301 g/mol. The van der Waals surface area contributed by atoms with Crippen LogP contribution in [0, 0.1) is 5.82 Å². The summed E-state index contributed by atoms with van der Waals surface area (Å²) in [7, 11) is 0. The van der Waals surface area contributed by atoms with Gasteiger partial charge in [0.2, 0.25) is 0 Å². The first-order chi connectivity index (χ1) is 10.1. The Hall–Kier alpha value is -1.92. The Morgan fingerprint density at radius 3 is 2.86 bits per heavy atom. The summed E-state index contributed by atoms with van der Waals surface area (Å²) in [5.74, 6) is -0.305. The molecule has 1 fully saturated rings. The summed E-state index contributed by atoms with van der Waals surface area (Å²) in [5, 5.41) is 4.75. The van der Waals surface area contributed by atoms with Crippen molar-refractivity contribution in [3.63, 3.8) is 0 Å². The minimum Gasteiger partial charge on any atom is -0.367 e. The molecule has 1 aromatic rings. The van der Waals surface area contributed by atoms with Gasteiger partial charge in [-0.2, -0.15) is 0 Å². The van der Waals surface area contributed by atoms with Gasteiger partial charge in [0.1, 0.15) is 5.82 Å². The molecule has 1 saturated heterocycles. The third-order valence-electron chi connectivity index (χ3n) is 3.37. The fraction of sp³-hybridized carbons (Fsp3) is 0.500. The number of hydrogen-bond acceptors (Lipinski definition) is 2. The maximum absolute atomic E-state index is 13.7. The van der Waals surface area contributed by atoms with Crippen LogP contribution in [0.4, 0.5) is 23.7 Å². The van der Waals surface area contributed by atoms with Crippen LogP contribution in [0.25, 0.3) is 0 Å². The van der Waals surface area contributed by atoms with Crippen molar-refractivity contribution in [2.75, 3.05) is 24.5 Å². The summed E-state index contributed by atoms with van der Waals surface area (Å²) >= 11 is 0. The van der Waals surface area contributed by atoms with Gasteiger partial charge in [-0.05, 0) is 25.0 Å². The highest BCUT2D eigenvalue weighted by Crippen LogP contribution is 2.22. The smallest absolute Gasteiger partial charge is 0.315 e. The fourth-order valence-electron chi connectivity index (χ4n) is 2.43. The highest BCUT2D eigenvalue weighted by atomic mass is 19.3. The molecule has 116 valence electrons. The average molecular weight is 301 g/mol. The van der Waals surface area contributed by atoms with Gasteiger partial charge >= 0.3 is 6.03 Å². The van der Waals surface area contributed by atoms with Gasteiger partial charge in [0.15, 0.2) is 0 Å². The van der Waals surface area contributed by atoms with E-state index < -0.39 is 19.0 Å². The molecule has 0 saturated carbocycles. The second kappa shape index (κ2) is 7.19. The van der Waals surface area contributed by atoms with Crippen LogP contribution in [0.15, 0.2) is 24.3 Å². The van der Waals surface area contributed by atoms with Crippen LogP contribution in [0.2, 0.25) is 0 Å². The minimum atomic E-state index is -2.57. The first-order valence-corrected chi connectivity index (χ1v) is 6.88. The second-order valence-electron chi connectivity index (χ2n) is 4.98. The number of hydrogen-bond donors (Lipinski definition) is 2. The molecule has 1 aliphatic rings. The van der Waals surface area contributed by atoms with Gasteiger partial charge in [0.25, 0.3) is 6.43 Å². The van der Waals surface area contributed by atoms with Crippen molar-refractivity contribution in [3.05, 3.63) is 30.1 Å². The topological polar surface area (TPSA) is 44.4 Å². The first-order valence-electron chi connectivity index (χ1n) is 6.88. The summed E-state index contributed by atoms with van der Waals surface area (Å²) in [6.45, 7) is 0.496. The molecule has 21 heavy (non-hydrogen) atoms. The maximum atomic E-state index is 13.7. The van der Waals surface area contributed by atoms with E-state index in [0.29, 0.717) is 18.8 Å². The quantitative estimate of drug-likeness (QED) is 0.896. The molecular weight excluding hydrogens is 283 g/mol. The van der Waals surface area contributed by atoms with E-state index in [2.05, 4.69) is 10.6 Å². The van der Waals surface area contributed by atoms with Crippen LogP contribution in [0.3, 0.4) is 0 Å². The lowest BCUT2D eigenvalue weighted by Gasteiger charge is -2.34. The van der Waals surface area contributed by atoms with Gasteiger partial charge in [-0.3, -0.25) is 0 Å². The predicted octanol–water partition coefficient (Wildman–Crippen LogP) is 2.36. The van der Waals surface area contributed by atoms with E-state index in [4.69, 9.17) is 0 Å². The lowest BCUT2D eigenvalue weighted by atomic mass is 10.0. The van der Waals surface area contributed by atoms with E-state index in [1.165, 1.54) is 6.07 Å². The fourth-order valence-corrected chi connectivity index (χ4v) is 2.43. The van der Waals surface area contributed by atoms with Gasteiger partial charge < -0.3 is 15.5 Å². The van der Waals surface area contributed by atoms with Crippen molar-refractivity contribution in [1.82, 2.24) is 10.6 Å². The van der Waals surface area contributed by atoms with Gasteiger partial charge in [0.05, 0.1) is 12.2 Å². The van der Waals surface area contributed by atoms with E-state index >= 15 is 0 Å². The largest absolute Gasteiger partial charge is 0.367 e. The van der Waals surface area contributed by atoms with Crippen LogP contribution in [0.5, 0.6) is 0 Å². The summed E-state index contributed by atoms with van der Waals surface area (Å²) in [6.07, 6.45) is -1.03. The lowest BCUT2D eigenvalue weighted by Crippen LogP contribution is -2.51. The van der Waals surface area contributed by atoms with Crippen LogP contribution < -0.4 is 15.5 Å². The van der Waals surface area contributed by atoms with Crippen LogP contribution in [0.1, 0.15) is 12.8 Å². The number of urea groups is 1. The third kappa shape index (κ3) is 4.54. The minimum absolute atomic E-state index is 0.184. The van der Waals surface area contributed by atoms with Crippen molar-refractivity contribution in [2.45, 2.75) is 25.3 Å². The van der Waals surface area contributed by atoms with Crippen molar-refractivity contribution in [1.29, 1.82) is 0 Å². The molecule has 1 atom stereocenters. The summed E-state index contributed by atoms with van der Waals surface area (Å²) in [6, 6.07) is 5.66. The average Bonchev–Trinajstić information content (AvgIpc) is 2.46. The Morgan fingerprint density at radius 2 is 2.14 bits per heavy atom. The van der Waals surface area contributed by atoms with Gasteiger partial charge in [0, 0.05) is 19.1 Å². The van der Waals surface area contributed by atoms with Crippen LogP contribution in [-0.4, -0.2) is 38.1 Å². The number of amides is 2. The number of benzene rings is 1.